The minimum Gasteiger partial charge on any atom is -0.356 e. The molecular weight excluding hydrogens is 231 g/mol. The van der Waals surface area contributed by atoms with Gasteiger partial charge in [0.1, 0.15) is 5.82 Å². The maximum absolute atomic E-state index is 13.5. The fraction of sp³-hybridized carbons (Fsp3) is 0.250. The second-order valence-corrected chi connectivity index (χ2v) is 3.82. The number of nitrogens with one attached hydrogen (secondary N) is 1. The van der Waals surface area contributed by atoms with Crippen LogP contribution in [0.5, 0.6) is 0 Å². The molecule has 1 N–H and O–H groups in total. The van der Waals surface area contributed by atoms with Crippen LogP contribution in [0.1, 0.15) is 18.2 Å². The van der Waals surface area contributed by atoms with Crippen LogP contribution in [-0.2, 0) is 6.42 Å². The Labute approximate surface area is 95.1 Å². The van der Waals surface area contributed by atoms with Gasteiger partial charge < -0.3 is 4.98 Å². The Morgan fingerprint density at radius 2 is 1.88 bits per heavy atom. The highest BCUT2D eigenvalue weighted by atomic mass is 19.2. The summed E-state index contributed by atoms with van der Waals surface area (Å²) < 4.78 is 40.0. The summed E-state index contributed by atoms with van der Waals surface area (Å²) >= 11 is 0. The molecule has 0 saturated heterocycles. The van der Waals surface area contributed by atoms with Crippen molar-refractivity contribution < 1.29 is 13.2 Å². The summed E-state index contributed by atoms with van der Waals surface area (Å²) in [7, 11) is 0. The molecular formula is C12H10F3NO. The van der Waals surface area contributed by atoms with E-state index in [1.54, 1.807) is 13.8 Å². The Bertz CT molecular complexity index is 661. The lowest BCUT2D eigenvalue weighted by Gasteiger charge is -2.08. The number of pyridine rings is 1. The van der Waals surface area contributed by atoms with Gasteiger partial charge in [0.25, 0.3) is 0 Å². The van der Waals surface area contributed by atoms with Crippen molar-refractivity contribution in [2.75, 3.05) is 0 Å². The standard InChI is InChI=1S/C12H10F3NO/c1-3-6-5(2)16-11-9(12(6)17)7(13)4-8(14)10(11)15/h4H,3H2,1-2H3,(H,16,17). The SMILES string of the molecule is CCc1c(C)[nH]c2c(F)c(F)cc(F)c2c1=O. The highest BCUT2D eigenvalue weighted by molar-refractivity contribution is 5.80. The maximum Gasteiger partial charge on any atom is 0.195 e. The van der Waals surface area contributed by atoms with Crippen LogP contribution in [0.25, 0.3) is 10.9 Å². The molecule has 0 aliphatic heterocycles. The lowest BCUT2D eigenvalue weighted by Crippen LogP contribution is -2.15. The van der Waals surface area contributed by atoms with E-state index in [9.17, 15) is 18.0 Å². The lowest BCUT2D eigenvalue weighted by atomic mass is 10.1. The minimum atomic E-state index is -1.31. The maximum atomic E-state index is 13.5. The van der Waals surface area contributed by atoms with Crippen LogP contribution in [0.4, 0.5) is 13.2 Å². The molecule has 0 fully saturated rings. The molecule has 0 saturated carbocycles. The number of fused-ring (bicyclic) bond motifs is 1. The van der Waals surface area contributed by atoms with Gasteiger partial charge in [0.15, 0.2) is 17.1 Å². The number of aromatic amines is 1. The molecule has 90 valence electrons. The third-order valence-electron chi connectivity index (χ3n) is 2.79. The van der Waals surface area contributed by atoms with Crippen molar-refractivity contribution in [1.29, 1.82) is 0 Å². The van der Waals surface area contributed by atoms with E-state index in [0.29, 0.717) is 23.7 Å². The first kappa shape index (κ1) is 11.7. The van der Waals surface area contributed by atoms with Crippen LogP contribution in [-0.4, -0.2) is 4.98 Å². The van der Waals surface area contributed by atoms with E-state index in [2.05, 4.69) is 4.98 Å². The number of aromatic nitrogens is 1. The number of rotatable bonds is 1. The Hall–Kier alpha value is -1.78. The van der Waals surface area contributed by atoms with Gasteiger partial charge >= 0.3 is 0 Å². The molecule has 1 aromatic heterocycles. The van der Waals surface area contributed by atoms with Gasteiger partial charge in [-0.15, -0.1) is 0 Å². The molecule has 5 heteroatoms. The third kappa shape index (κ3) is 1.62. The van der Waals surface area contributed by atoms with Crippen molar-refractivity contribution in [3.63, 3.8) is 0 Å². The van der Waals surface area contributed by atoms with Crippen molar-refractivity contribution in [3.8, 4) is 0 Å². The number of H-pyrrole nitrogens is 1. The van der Waals surface area contributed by atoms with Crippen molar-refractivity contribution in [2.45, 2.75) is 20.3 Å². The Morgan fingerprint density at radius 3 is 2.47 bits per heavy atom. The largest absolute Gasteiger partial charge is 0.356 e. The summed E-state index contributed by atoms with van der Waals surface area (Å²) in [5, 5.41) is -0.425. The fourth-order valence-corrected chi connectivity index (χ4v) is 1.94. The molecule has 2 rings (SSSR count). The summed E-state index contributed by atoms with van der Waals surface area (Å²) in [4.78, 5) is 14.5. The van der Waals surface area contributed by atoms with E-state index >= 15 is 0 Å². The second kappa shape index (κ2) is 3.91. The van der Waals surface area contributed by atoms with Gasteiger partial charge in [-0.3, -0.25) is 4.79 Å². The molecule has 0 spiro atoms. The molecule has 0 amide bonds. The summed E-state index contributed by atoms with van der Waals surface area (Å²) in [5.41, 5.74) is -0.200. The predicted octanol–water partition coefficient (Wildman–Crippen LogP) is 2.82. The van der Waals surface area contributed by atoms with Crippen LogP contribution < -0.4 is 5.43 Å². The predicted molar refractivity (Wildman–Crippen MR) is 58.6 cm³/mol. The number of benzene rings is 1. The Balaban J connectivity index is 3.07. The van der Waals surface area contributed by atoms with Crippen molar-refractivity contribution in [3.05, 3.63) is 45.0 Å². The molecule has 0 unspecified atom stereocenters. The normalized spacial score (nSPS) is 11.1. The Kier molecular flexibility index (Phi) is 2.69. The molecule has 17 heavy (non-hydrogen) atoms. The van der Waals surface area contributed by atoms with E-state index in [1.165, 1.54) is 0 Å². The minimum absolute atomic E-state index is 0.377. The van der Waals surface area contributed by atoms with E-state index < -0.39 is 33.8 Å². The van der Waals surface area contributed by atoms with Crippen LogP contribution in [0.2, 0.25) is 0 Å². The van der Waals surface area contributed by atoms with Crippen molar-refractivity contribution >= 4 is 10.9 Å². The molecule has 1 aromatic carbocycles. The fourth-order valence-electron chi connectivity index (χ4n) is 1.94. The first-order valence-electron chi connectivity index (χ1n) is 5.16. The van der Waals surface area contributed by atoms with Crippen LogP contribution in [0.15, 0.2) is 10.9 Å². The first-order chi connectivity index (χ1) is 7.97. The number of hydrogen-bond acceptors (Lipinski definition) is 1. The average Bonchev–Trinajstić information content (AvgIpc) is 2.25. The van der Waals surface area contributed by atoms with Gasteiger partial charge in [-0.05, 0) is 13.3 Å². The average molecular weight is 241 g/mol. The van der Waals surface area contributed by atoms with E-state index in [-0.39, 0.29) is 0 Å². The molecule has 0 radical (unpaired) electrons. The van der Waals surface area contributed by atoms with Crippen LogP contribution in [0.3, 0.4) is 0 Å². The molecule has 0 atom stereocenters. The number of aryl methyl sites for hydroxylation is 1. The molecule has 0 aliphatic rings. The van der Waals surface area contributed by atoms with Gasteiger partial charge in [-0.1, -0.05) is 6.92 Å². The van der Waals surface area contributed by atoms with Gasteiger partial charge in [0.2, 0.25) is 0 Å². The summed E-state index contributed by atoms with van der Waals surface area (Å²) in [6.45, 7) is 3.31. The molecule has 1 heterocycles. The molecule has 2 aromatic rings. The first-order valence-corrected chi connectivity index (χ1v) is 5.16. The molecule has 0 aliphatic carbocycles. The van der Waals surface area contributed by atoms with Crippen molar-refractivity contribution in [2.24, 2.45) is 0 Å². The third-order valence-corrected chi connectivity index (χ3v) is 2.79. The van der Waals surface area contributed by atoms with Gasteiger partial charge in [-0.2, -0.15) is 0 Å². The van der Waals surface area contributed by atoms with Crippen molar-refractivity contribution in [1.82, 2.24) is 4.98 Å². The highest BCUT2D eigenvalue weighted by Gasteiger charge is 2.18. The van der Waals surface area contributed by atoms with Gasteiger partial charge in [-0.25, -0.2) is 13.2 Å². The topological polar surface area (TPSA) is 32.9 Å². The van der Waals surface area contributed by atoms with Gasteiger partial charge in [0.05, 0.1) is 10.9 Å². The Morgan fingerprint density at radius 1 is 1.24 bits per heavy atom. The van der Waals surface area contributed by atoms with Crippen LogP contribution >= 0.6 is 0 Å². The lowest BCUT2D eigenvalue weighted by molar-refractivity contribution is 0.503. The zero-order chi connectivity index (χ0) is 12.7. The summed E-state index contributed by atoms with van der Waals surface area (Å²) in [6, 6.07) is 0.391. The number of hydrogen-bond donors (Lipinski definition) is 1. The van der Waals surface area contributed by atoms with E-state index in [1.807, 2.05) is 0 Å². The highest BCUT2D eigenvalue weighted by Crippen LogP contribution is 2.21. The van der Waals surface area contributed by atoms with E-state index in [4.69, 9.17) is 0 Å². The molecule has 0 bridgehead atoms. The zero-order valence-electron chi connectivity index (χ0n) is 9.33. The summed E-state index contributed by atoms with van der Waals surface area (Å²) in [5.74, 6) is -3.59. The van der Waals surface area contributed by atoms with Gasteiger partial charge in [0, 0.05) is 17.3 Å². The smallest absolute Gasteiger partial charge is 0.195 e. The van der Waals surface area contributed by atoms with E-state index in [0.717, 1.165) is 0 Å². The second-order valence-electron chi connectivity index (χ2n) is 3.82. The quantitative estimate of drug-likeness (QED) is 0.765. The summed E-state index contributed by atoms with van der Waals surface area (Å²) in [6.07, 6.45) is 0.398. The monoisotopic (exact) mass is 241 g/mol. The molecule has 2 nitrogen and oxygen atoms in total. The number of halogens is 3. The van der Waals surface area contributed by atoms with Crippen LogP contribution in [0, 0.1) is 24.4 Å². The zero-order valence-corrected chi connectivity index (χ0v) is 9.33.